The van der Waals surface area contributed by atoms with E-state index in [4.69, 9.17) is 4.74 Å². The maximum atomic E-state index is 13.6. The number of rotatable bonds is 7. The molecule has 1 atom stereocenters. The van der Waals surface area contributed by atoms with Crippen molar-refractivity contribution >= 4 is 15.7 Å². The van der Waals surface area contributed by atoms with Crippen LogP contribution < -0.4 is 10.9 Å². The fourth-order valence-electron chi connectivity index (χ4n) is 4.73. The van der Waals surface area contributed by atoms with Crippen molar-refractivity contribution in [1.29, 1.82) is 0 Å². The van der Waals surface area contributed by atoms with Gasteiger partial charge < -0.3 is 10.1 Å². The molecule has 1 saturated heterocycles. The monoisotopic (exact) mass is 577 g/mol. The lowest BCUT2D eigenvalue weighted by Gasteiger charge is -2.34. The van der Waals surface area contributed by atoms with Gasteiger partial charge in [-0.25, -0.2) is 8.42 Å². The van der Waals surface area contributed by atoms with Crippen molar-refractivity contribution in [1.82, 2.24) is 14.8 Å². The predicted molar refractivity (Wildman–Crippen MR) is 143 cm³/mol. The summed E-state index contributed by atoms with van der Waals surface area (Å²) in [7, 11) is -3.38. The molecular weight excluding hydrogens is 547 g/mol. The summed E-state index contributed by atoms with van der Waals surface area (Å²) in [6.07, 6.45) is -3.52. The smallest absolute Gasteiger partial charge is 0.379 e. The Kier molecular flexibility index (Phi) is 8.52. The number of sulfone groups is 1. The van der Waals surface area contributed by atoms with Crippen LogP contribution >= 0.6 is 0 Å². The van der Waals surface area contributed by atoms with Crippen molar-refractivity contribution in [2.24, 2.45) is 0 Å². The number of benzene rings is 2. The third-order valence-corrected chi connectivity index (χ3v) is 8.14. The summed E-state index contributed by atoms with van der Waals surface area (Å²) in [5, 5.41) is 2.68. The fourth-order valence-corrected chi connectivity index (χ4v) is 5.37. The molecule has 1 unspecified atom stereocenters. The van der Waals surface area contributed by atoms with E-state index in [1.807, 2.05) is 6.92 Å². The Morgan fingerprint density at radius 2 is 1.73 bits per heavy atom. The van der Waals surface area contributed by atoms with Crippen molar-refractivity contribution < 1.29 is 31.1 Å². The lowest BCUT2D eigenvalue weighted by molar-refractivity contribution is -0.137. The molecule has 1 N–H and O–H groups in total. The van der Waals surface area contributed by atoms with E-state index in [1.54, 1.807) is 19.1 Å². The molecule has 0 radical (unpaired) electrons. The minimum atomic E-state index is -4.61. The Hall–Kier alpha value is -3.48. The lowest BCUT2D eigenvalue weighted by atomic mass is 10.0. The van der Waals surface area contributed by atoms with Crippen LogP contribution in [0.5, 0.6) is 0 Å². The second-order valence-electron chi connectivity index (χ2n) is 9.71. The first-order chi connectivity index (χ1) is 18.8. The summed E-state index contributed by atoms with van der Waals surface area (Å²) in [6, 6.07) is 11.6. The average molecular weight is 578 g/mol. The lowest BCUT2D eigenvalue weighted by Crippen LogP contribution is -2.40. The molecule has 1 aliphatic rings. The van der Waals surface area contributed by atoms with Gasteiger partial charge in [0.2, 0.25) is 0 Å². The molecule has 40 heavy (non-hydrogen) atoms. The molecule has 0 saturated carbocycles. The molecule has 1 aromatic heterocycles. The maximum absolute atomic E-state index is 13.6. The Balaban J connectivity index is 1.75. The van der Waals surface area contributed by atoms with E-state index in [0.717, 1.165) is 23.0 Å². The van der Waals surface area contributed by atoms with E-state index >= 15 is 0 Å². The highest BCUT2D eigenvalue weighted by Gasteiger charge is 2.31. The normalized spacial score (nSPS) is 15.6. The molecule has 0 aliphatic carbocycles. The van der Waals surface area contributed by atoms with E-state index in [1.165, 1.54) is 30.3 Å². The summed E-state index contributed by atoms with van der Waals surface area (Å²) in [4.78, 5) is 29.2. The number of alkyl halides is 3. The quantitative estimate of drug-likeness (QED) is 0.458. The number of morpholine rings is 1. The number of nitrogens with one attached hydrogen (secondary N) is 1. The third-order valence-electron chi connectivity index (χ3n) is 7.01. The number of pyridine rings is 1. The van der Waals surface area contributed by atoms with Crippen LogP contribution in [0.15, 0.2) is 64.3 Å². The largest absolute Gasteiger partial charge is 0.416 e. The standard InChI is InChI=1S/C28H30F3N3O5S/c1-18(33-11-13-39-14-12-33)24-16-25(26(35)32-17-20-7-9-23(10-8-20)40(3,37)38)27(36)34(19(24)2)22-6-4-5-21(15-22)28(29,30)31/h4-10,15-16,18H,11-14,17H2,1-3H3,(H,32,35). The molecule has 0 bridgehead atoms. The predicted octanol–water partition coefficient (Wildman–Crippen LogP) is 3.89. The third kappa shape index (κ3) is 6.45. The summed E-state index contributed by atoms with van der Waals surface area (Å²) in [5.41, 5.74) is -0.221. The zero-order valence-electron chi connectivity index (χ0n) is 22.3. The van der Waals surface area contributed by atoms with E-state index < -0.39 is 33.0 Å². The first-order valence-electron chi connectivity index (χ1n) is 12.6. The first kappa shape index (κ1) is 29.5. The van der Waals surface area contributed by atoms with Gasteiger partial charge in [-0.1, -0.05) is 18.2 Å². The van der Waals surface area contributed by atoms with Crippen LogP contribution in [0.1, 0.15) is 45.7 Å². The molecule has 2 heterocycles. The number of carbonyl (C=O) groups is 1. The fraction of sp³-hybridized carbons (Fsp3) is 0.357. The van der Waals surface area contributed by atoms with Gasteiger partial charge >= 0.3 is 6.18 Å². The maximum Gasteiger partial charge on any atom is 0.416 e. The van der Waals surface area contributed by atoms with Crippen molar-refractivity contribution in [2.75, 3.05) is 32.6 Å². The Labute approximate surface area is 230 Å². The Morgan fingerprint density at radius 3 is 2.33 bits per heavy atom. The van der Waals surface area contributed by atoms with Gasteiger partial charge in [-0.15, -0.1) is 0 Å². The molecule has 3 aromatic rings. The zero-order chi connectivity index (χ0) is 29.2. The number of nitrogens with zero attached hydrogens (tertiary/aromatic N) is 2. The minimum Gasteiger partial charge on any atom is -0.379 e. The van der Waals surface area contributed by atoms with Crippen molar-refractivity contribution in [3.8, 4) is 5.69 Å². The Bertz CT molecular complexity index is 1560. The van der Waals surface area contributed by atoms with Crippen LogP contribution in [0.3, 0.4) is 0 Å². The minimum absolute atomic E-state index is 0.00114. The zero-order valence-corrected chi connectivity index (χ0v) is 23.1. The highest BCUT2D eigenvalue weighted by Crippen LogP contribution is 2.31. The molecule has 1 aliphatic heterocycles. The molecule has 8 nitrogen and oxygen atoms in total. The van der Waals surface area contributed by atoms with Gasteiger partial charge in [0.1, 0.15) is 5.56 Å². The van der Waals surface area contributed by atoms with E-state index in [9.17, 15) is 31.2 Å². The number of ether oxygens (including phenoxy) is 1. The van der Waals surface area contributed by atoms with Crippen LogP contribution in [0.25, 0.3) is 5.69 Å². The van der Waals surface area contributed by atoms with Crippen LogP contribution in [-0.4, -0.2) is 56.4 Å². The molecule has 214 valence electrons. The van der Waals surface area contributed by atoms with E-state index in [2.05, 4.69) is 10.2 Å². The average Bonchev–Trinajstić information content (AvgIpc) is 2.91. The van der Waals surface area contributed by atoms with E-state index in [-0.39, 0.29) is 28.7 Å². The second kappa shape index (κ2) is 11.6. The van der Waals surface area contributed by atoms with Crippen molar-refractivity contribution in [3.05, 3.63) is 92.9 Å². The molecule has 2 aromatic carbocycles. The number of hydrogen-bond donors (Lipinski definition) is 1. The van der Waals surface area contributed by atoms with Gasteiger partial charge in [-0.2, -0.15) is 13.2 Å². The summed E-state index contributed by atoms with van der Waals surface area (Å²) in [5.74, 6) is -0.701. The van der Waals surface area contributed by atoms with Gasteiger partial charge in [0, 0.05) is 43.3 Å². The summed E-state index contributed by atoms with van der Waals surface area (Å²) >= 11 is 0. The summed E-state index contributed by atoms with van der Waals surface area (Å²) < 4.78 is 70.5. The summed E-state index contributed by atoms with van der Waals surface area (Å²) in [6.45, 7) is 5.85. The van der Waals surface area contributed by atoms with Gasteiger partial charge in [0.05, 0.1) is 23.7 Å². The number of carbonyl (C=O) groups excluding carboxylic acids is 1. The topological polar surface area (TPSA) is 97.7 Å². The highest BCUT2D eigenvalue weighted by molar-refractivity contribution is 7.90. The molecule has 0 spiro atoms. The molecular formula is C28H30F3N3O5S. The molecule has 1 amide bonds. The van der Waals surface area contributed by atoms with E-state index in [0.29, 0.717) is 43.1 Å². The first-order valence-corrected chi connectivity index (χ1v) is 14.5. The number of aromatic nitrogens is 1. The van der Waals surface area contributed by atoms with Crippen LogP contribution in [0.2, 0.25) is 0 Å². The second-order valence-corrected chi connectivity index (χ2v) is 11.7. The van der Waals surface area contributed by atoms with Crippen molar-refractivity contribution in [2.45, 2.75) is 37.5 Å². The highest BCUT2D eigenvalue weighted by atomic mass is 32.2. The van der Waals surface area contributed by atoms with Gasteiger partial charge in [0.15, 0.2) is 9.84 Å². The number of halogens is 3. The number of amides is 1. The van der Waals surface area contributed by atoms with Gasteiger partial charge in [0.25, 0.3) is 11.5 Å². The molecule has 1 fully saturated rings. The number of hydrogen-bond acceptors (Lipinski definition) is 6. The van der Waals surface area contributed by atoms with Crippen LogP contribution in [0.4, 0.5) is 13.2 Å². The van der Waals surface area contributed by atoms with Crippen LogP contribution in [0, 0.1) is 6.92 Å². The molecule has 12 heteroatoms. The van der Waals surface area contributed by atoms with Gasteiger partial charge in [-0.3, -0.25) is 19.1 Å². The van der Waals surface area contributed by atoms with Gasteiger partial charge in [-0.05, 0) is 61.4 Å². The Morgan fingerprint density at radius 1 is 1.07 bits per heavy atom. The van der Waals surface area contributed by atoms with Crippen LogP contribution in [-0.2, 0) is 27.3 Å². The SMILES string of the molecule is Cc1c(C(C)N2CCOCC2)cc(C(=O)NCc2ccc(S(C)(=O)=O)cc2)c(=O)n1-c1cccc(C(F)(F)F)c1. The van der Waals surface area contributed by atoms with Crippen molar-refractivity contribution in [3.63, 3.8) is 0 Å². The molecule has 4 rings (SSSR count).